The average molecular weight is 607 g/mol. The molecule has 226 valence electrons. The van der Waals surface area contributed by atoms with Crippen LogP contribution in [0.3, 0.4) is 0 Å². The van der Waals surface area contributed by atoms with E-state index < -0.39 is 18.0 Å². The highest BCUT2D eigenvalue weighted by Gasteiger charge is 2.34. The normalized spacial score (nSPS) is 14.4. The number of methoxy groups -OCH3 is 2. The van der Waals surface area contributed by atoms with E-state index in [-0.39, 0.29) is 24.3 Å². The van der Waals surface area contributed by atoms with Gasteiger partial charge in [-0.15, -0.1) is 6.58 Å². The third kappa shape index (κ3) is 6.72. The van der Waals surface area contributed by atoms with E-state index in [9.17, 15) is 14.4 Å². The van der Waals surface area contributed by atoms with Gasteiger partial charge in [0.2, 0.25) is 0 Å². The number of esters is 2. The highest BCUT2D eigenvalue weighted by Crippen LogP contribution is 2.36. The average Bonchev–Trinajstić information content (AvgIpc) is 3.29. The number of carbonyl (C=O) groups is 2. The molecule has 4 rings (SSSR count). The summed E-state index contributed by atoms with van der Waals surface area (Å²) < 4.78 is 28.9. The molecule has 0 radical (unpaired) electrons. The fourth-order valence-corrected chi connectivity index (χ4v) is 5.79. The number of carbonyl (C=O) groups excluding carboxylic acids is 2. The van der Waals surface area contributed by atoms with Crippen molar-refractivity contribution in [3.63, 3.8) is 0 Å². The molecule has 3 aromatic rings. The molecule has 2 aromatic carbocycles. The van der Waals surface area contributed by atoms with Crippen molar-refractivity contribution >= 4 is 29.4 Å². The summed E-state index contributed by atoms with van der Waals surface area (Å²) in [4.78, 5) is 44.0. The Morgan fingerprint density at radius 2 is 1.81 bits per heavy atom. The molecule has 0 spiro atoms. The SMILES string of the molecule is C=CCc1cc(/C=c2\sc3n(c2=O)[C@H](c2ccc(OCC(=O)OC)c(OCC)c2)C(C(=O)OCC)=C(C)N=3)ccc1OC. The number of hydrogen-bond acceptors (Lipinski definition) is 10. The zero-order chi connectivity index (χ0) is 31.1. The molecule has 0 fully saturated rings. The molecule has 1 aliphatic rings. The lowest BCUT2D eigenvalue weighted by Gasteiger charge is -2.25. The van der Waals surface area contributed by atoms with Crippen LogP contribution in [0.2, 0.25) is 0 Å². The van der Waals surface area contributed by atoms with Crippen molar-refractivity contribution in [2.45, 2.75) is 33.2 Å². The van der Waals surface area contributed by atoms with Gasteiger partial charge in [0, 0.05) is 0 Å². The predicted molar refractivity (Wildman–Crippen MR) is 162 cm³/mol. The summed E-state index contributed by atoms with van der Waals surface area (Å²) in [5, 5.41) is 0. The van der Waals surface area contributed by atoms with E-state index in [1.54, 1.807) is 51.3 Å². The molecule has 0 saturated carbocycles. The van der Waals surface area contributed by atoms with Gasteiger partial charge in [0.15, 0.2) is 22.9 Å². The number of thiazole rings is 1. The summed E-state index contributed by atoms with van der Waals surface area (Å²) in [5.74, 6) is 0.275. The standard InChI is InChI=1S/C32H34N2O8S/c1-7-10-21-15-20(11-13-23(21)38-5)16-26-30(36)34-29(28(31(37)41-9-3)19(4)33-32(34)43-26)22-12-14-24(25(17-22)40-8-2)42-18-27(35)39-6/h7,11-17,29H,1,8-10,18H2,2-6H3/b26-16-/t29-/m1/s1. The zero-order valence-corrected chi connectivity index (χ0v) is 25.6. The van der Waals surface area contributed by atoms with Crippen molar-refractivity contribution in [3.05, 3.63) is 96.7 Å². The van der Waals surface area contributed by atoms with Gasteiger partial charge in [-0.1, -0.05) is 29.5 Å². The van der Waals surface area contributed by atoms with Crippen LogP contribution < -0.4 is 29.1 Å². The van der Waals surface area contributed by atoms with Gasteiger partial charge >= 0.3 is 11.9 Å². The zero-order valence-electron chi connectivity index (χ0n) is 24.8. The summed E-state index contributed by atoms with van der Waals surface area (Å²) in [6.45, 7) is 9.23. The van der Waals surface area contributed by atoms with Crippen LogP contribution in [-0.2, 0) is 25.5 Å². The predicted octanol–water partition coefficient (Wildman–Crippen LogP) is 3.49. The molecule has 1 aromatic heterocycles. The van der Waals surface area contributed by atoms with Gasteiger partial charge in [-0.25, -0.2) is 14.6 Å². The third-order valence-corrected chi connectivity index (χ3v) is 7.62. The van der Waals surface area contributed by atoms with Crippen molar-refractivity contribution in [2.75, 3.05) is 34.0 Å². The summed E-state index contributed by atoms with van der Waals surface area (Å²) in [6.07, 6.45) is 4.19. The van der Waals surface area contributed by atoms with Crippen LogP contribution in [0.25, 0.3) is 6.08 Å². The molecule has 43 heavy (non-hydrogen) atoms. The molecule has 0 aliphatic carbocycles. The quantitative estimate of drug-likeness (QED) is 0.227. The summed E-state index contributed by atoms with van der Waals surface area (Å²) in [6, 6.07) is 9.88. The van der Waals surface area contributed by atoms with Gasteiger partial charge in [-0.05, 0) is 74.2 Å². The second-order valence-corrected chi connectivity index (χ2v) is 10.4. The number of aromatic nitrogens is 1. The first-order valence-corrected chi connectivity index (χ1v) is 14.5. The smallest absolute Gasteiger partial charge is 0.343 e. The molecule has 0 unspecified atom stereocenters. The highest BCUT2D eigenvalue weighted by molar-refractivity contribution is 7.07. The lowest BCUT2D eigenvalue weighted by atomic mass is 9.95. The summed E-state index contributed by atoms with van der Waals surface area (Å²) in [5.41, 5.74) is 2.70. The molecule has 0 saturated heterocycles. The van der Waals surface area contributed by atoms with E-state index in [0.717, 1.165) is 16.9 Å². The van der Waals surface area contributed by atoms with Crippen molar-refractivity contribution < 1.29 is 33.3 Å². The van der Waals surface area contributed by atoms with Crippen LogP contribution in [0.4, 0.5) is 0 Å². The summed E-state index contributed by atoms with van der Waals surface area (Å²) >= 11 is 1.23. The van der Waals surface area contributed by atoms with Crippen LogP contribution in [0.1, 0.15) is 43.5 Å². The van der Waals surface area contributed by atoms with Crippen LogP contribution in [0.15, 0.2) is 70.1 Å². The van der Waals surface area contributed by atoms with E-state index in [1.807, 2.05) is 25.1 Å². The number of nitrogens with zero attached hydrogens (tertiary/aromatic N) is 2. The molecule has 10 nitrogen and oxygen atoms in total. The first-order chi connectivity index (χ1) is 20.8. The molecule has 11 heteroatoms. The van der Waals surface area contributed by atoms with E-state index in [1.165, 1.54) is 23.0 Å². The molecule has 0 N–H and O–H groups in total. The largest absolute Gasteiger partial charge is 0.496 e. The van der Waals surface area contributed by atoms with Gasteiger partial charge in [0.05, 0.1) is 49.3 Å². The topological polar surface area (TPSA) is 115 Å². The van der Waals surface area contributed by atoms with Gasteiger partial charge in [0.1, 0.15) is 5.75 Å². The fraction of sp³-hybridized carbons (Fsp3) is 0.312. The van der Waals surface area contributed by atoms with Crippen molar-refractivity contribution in [3.8, 4) is 17.2 Å². The number of hydrogen-bond donors (Lipinski definition) is 0. The Morgan fingerprint density at radius 3 is 2.49 bits per heavy atom. The van der Waals surface area contributed by atoms with E-state index in [4.69, 9.17) is 18.9 Å². The molecule has 0 bridgehead atoms. The lowest BCUT2D eigenvalue weighted by Crippen LogP contribution is -2.40. The number of fused-ring (bicyclic) bond motifs is 1. The highest BCUT2D eigenvalue weighted by atomic mass is 32.1. The third-order valence-electron chi connectivity index (χ3n) is 6.64. The maximum absolute atomic E-state index is 14.0. The molecule has 0 amide bonds. The van der Waals surface area contributed by atoms with Crippen molar-refractivity contribution in [1.29, 1.82) is 0 Å². The maximum atomic E-state index is 14.0. The Labute approximate surface area is 253 Å². The Morgan fingerprint density at radius 1 is 1.05 bits per heavy atom. The molecule has 2 heterocycles. The molecule has 1 atom stereocenters. The monoisotopic (exact) mass is 606 g/mol. The Balaban J connectivity index is 1.89. The number of allylic oxidation sites excluding steroid dienone is 2. The number of rotatable bonds is 12. The summed E-state index contributed by atoms with van der Waals surface area (Å²) in [7, 11) is 2.88. The maximum Gasteiger partial charge on any atom is 0.343 e. The minimum Gasteiger partial charge on any atom is -0.496 e. The van der Waals surface area contributed by atoms with Gasteiger partial charge in [-0.2, -0.15) is 0 Å². The van der Waals surface area contributed by atoms with E-state index in [0.29, 0.717) is 45.1 Å². The Hall–Kier alpha value is -4.64. The van der Waals surface area contributed by atoms with Crippen LogP contribution in [-0.4, -0.2) is 50.5 Å². The van der Waals surface area contributed by atoms with E-state index in [2.05, 4.69) is 16.3 Å². The molecular formula is C32H34N2O8S. The second kappa shape index (κ2) is 14.0. The lowest BCUT2D eigenvalue weighted by molar-refractivity contribution is -0.143. The van der Waals surface area contributed by atoms with Crippen molar-refractivity contribution in [1.82, 2.24) is 4.57 Å². The first-order valence-electron chi connectivity index (χ1n) is 13.7. The Bertz CT molecular complexity index is 1750. The molecule has 1 aliphatic heterocycles. The number of ether oxygens (including phenoxy) is 5. The van der Waals surface area contributed by atoms with Crippen LogP contribution in [0, 0.1) is 0 Å². The second-order valence-electron chi connectivity index (χ2n) is 9.37. The Kier molecular flexibility index (Phi) is 10.2. The van der Waals surface area contributed by atoms with Crippen LogP contribution >= 0.6 is 11.3 Å². The number of benzene rings is 2. The van der Waals surface area contributed by atoms with E-state index >= 15 is 0 Å². The van der Waals surface area contributed by atoms with Crippen molar-refractivity contribution in [2.24, 2.45) is 4.99 Å². The van der Waals surface area contributed by atoms with Gasteiger partial charge in [0.25, 0.3) is 5.56 Å². The first kappa shape index (κ1) is 31.3. The minimum absolute atomic E-state index is 0.155. The molecular weight excluding hydrogens is 572 g/mol. The van der Waals surface area contributed by atoms with Gasteiger partial charge < -0.3 is 23.7 Å². The minimum atomic E-state index is -0.849. The van der Waals surface area contributed by atoms with Crippen LogP contribution in [0.5, 0.6) is 17.2 Å². The van der Waals surface area contributed by atoms with Gasteiger partial charge in [-0.3, -0.25) is 9.36 Å². The fourth-order valence-electron chi connectivity index (χ4n) is 4.74.